The molecule has 9 heteroatoms. The maximum Gasteiger partial charge on any atom is 0.357 e. The maximum absolute atomic E-state index is 11.8. The summed E-state index contributed by atoms with van der Waals surface area (Å²) in [6.07, 6.45) is 3.10. The first-order valence-corrected chi connectivity index (χ1v) is 9.11. The Balaban J connectivity index is 2.32. The predicted octanol–water partition coefficient (Wildman–Crippen LogP) is 2.11. The third kappa shape index (κ3) is 5.55. The summed E-state index contributed by atoms with van der Waals surface area (Å²) in [5, 5.41) is 12.5. The van der Waals surface area contributed by atoms with Gasteiger partial charge in [0.2, 0.25) is 5.95 Å². The monoisotopic (exact) mass is 403 g/mol. The van der Waals surface area contributed by atoms with Crippen molar-refractivity contribution in [3.8, 4) is 11.8 Å². The number of halogens is 1. The summed E-state index contributed by atoms with van der Waals surface area (Å²) in [5.41, 5.74) is 6.54. The molecule has 0 bridgehead atoms. The van der Waals surface area contributed by atoms with Crippen LogP contribution in [0.3, 0.4) is 0 Å². The molecule has 2 heterocycles. The number of nitrogens with two attached hydrogens (primary N) is 1. The zero-order chi connectivity index (χ0) is 20.5. The van der Waals surface area contributed by atoms with Gasteiger partial charge in [-0.05, 0) is 24.5 Å². The van der Waals surface area contributed by atoms with E-state index in [2.05, 4.69) is 32.1 Å². The molecular formula is C19H22ClN5O3. The van der Waals surface area contributed by atoms with E-state index >= 15 is 0 Å². The average molecular weight is 404 g/mol. The largest absolute Gasteiger partial charge is 0.464 e. The average Bonchev–Trinajstić information content (AvgIpc) is 2.70. The van der Waals surface area contributed by atoms with Gasteiger partial charge in [-0.2, -0.15) is 9.97 Å². The second-order valence-corrected chi connectivity index (χ2v) is 6.27. The first-order chi connectivity index (χ1) is 13.5. The van der Waals surface area contributed by atoms with Crippen LogP contribution in [0.1, 0.15) is 41.4 Å². The minimum Gasteiger partial charge on any atom is -0.464 e. The second kappa shape index (κ2) is 10.4. The van der Waals surface area contributed by atoms with Gasteiger partial charge in [0.15, 0.2) is 10.8 Å². The summed E-state index contributed by atoms with van der Waals surface area (Å²) in [6, 6.07) is 3.31. The van der Waals surface area contributed by atoms with Crippen molar-refractivity contribution < 1.29 is 14.6 Å². The van der Waals surface area contributed by atoms with Crippen LogP contribution in [-0.2, 0) is 4.74 Å². The number of aliphatic hydroxyl groups excluding tert-OH is 1. The summed E-state index contributed by atoms with van der Waals surface area (Å²) in [7, 11) is 1.27. The van der Waals surface area contributed by atoms with Crippen LogP contribution in [0.4, 0.5) is 11.8 Å². The van der Waals surface area contributed by atoms with E-state index in [1.165, 1.54) is 13.3 Å². The highest BCUT2D eigenvalue weighted by atomic mass is 35.5. The second-order valence-electron chi connectivity index (χ2n) is 5.91. The Morgan fingerprint density at radius 2 is 2.21 bits per heavy atom. The van der Waals surface area contributed by atoms with Crippen LogP contribution in [0.5, 0.6) is 0 Å². The number of rotatable bonds is 7. The summed E-state index contributed by atoms with van der Waals surface area (Å²) in [5.74, 6) is 5.77. The lowest BCUT2D eigenvalue weighted by molar-refractivity contribution is 0.0593. The highest BCUT2D eigenvalue weighted by Gasteiger charge is 2.13. The molecule has 0 radical (unpaired) electrons. The zero-order valence-electron chi connectivity index (χ0n) is 15.7. The number of anilines is 2. The number of aliphatic hydroxyl groups is 1. The zero-order valence-corrected chi connectivity index (χ0v) is 16.5. The van der Waals surface area contributed by atoms with E-state index in [9.17, 15) is 9.90 Å². The molecule has 2 rings (SSSR count). The fourth-order valence-corrected chi connectivity index (χ4v) is 2.63. The first kappa shape index (κ1) is 21.4. The number of pyridine rings is 1. The van der Waals surface area contributed by atoms with Gasteiger partial charge in [0.25, 0.3) is 0 Å². The number of aromatic nitrogens is 3. The minimum absolute atomic E-state index is 0.0175. The first-order valence-electron chi connectivity index (χ1n) is 8.73. The smallest absolute Gasteiger partial charge is 0.357 e. The Morgan fingerprint density at radius 1 is 1.43 bits per heavy atom. The Labute approximate surface area is 168 Å². The van der Waals surface area contributed by atoms with Crippen LogP contribution in [0.25, 0.3) is 0 Å². The third-order valence-corrected chi connectivity index (χ3v) is 4.34. The molecule has 0 aliphatic carbocycles. The molecule has 0 aliphatic rings. The van der Waals surface area contributed by atoms with Gasteiger partial charge in [-0.25, -0.2) is 9.78 Å². The van der Waals surface area contributed by atoms with E-state index in [4.69, 9.17) is 22.1 Å². The molecule has 2 aromatic rings. The molecule has 148 valence electrons. The van der Waals surface area contributed by atoms with Gasteiger partial charge < -0.3 is 20.9 Å². The molecule has 2 aromatic heterocycles. The van der Waals surface area contributed by atoms with Crippen LogP contribution >= 0.6 is 11.6 Å². The summed E-state index contributed by atoms with van der Waals surface area (Å²) in [4.78, 5) is 23.9. The van der Waals surface area contributed by atoms with E-state index < -0.39 is 5.97 Å². The van der Waals surface area contributed by atoms with Crippen molar-refractivity contribution in [2.45, 2.75) is 19.8 Å². The van der Waals surface area contributed by atoms with Crippen molar-refractivity contribution in [1.29, 1.82) is 0 Å². The molecule has 1 atom stereocenters. The SMILES string of the molecule is CCC(CO)CCNc1nc(N)nc(Cl)c1C#Cc1cccnc1C(=O)OC. The number of carbonyl (C=O) groups is 1. The maximum atomic E-state index is 11.8. The highest BCUT2D eigenvalue weighted by molar-refractivity contribution is 6.31. The Kier molecular flexibility index (Phi) is 7.99. The summed E-state index contributed by atoms with van der Waals surface area (Å²) >= 11 is 6.21. The van der Waals surface area contributed by atoms with E-state index in [0.717, 1.165) is 12.8 Å². The number of nitrogens with one attached hydrogen (secondary N) is 1. The number of esters is 1. The molecule has 0 spiro atoms. The van der Waals surface area contributed by atoms with Gasteiger partial charge in [0.05, 0.1) is 12.7 Å². The number of hydrogen-bond donors (Lipinski definition) is 3. The van der Waals surface area contributed by atoms with Crippen molar-refractivity contribution in [3.63, 3.8) is 0 Å². The molecule has 0 amide bonds. The number of ether oxygens (including phenoxy) is 1. The summed E-state index contributed by atoms with van der Waals surface area (Å²) < 4.78 is 4.72. The molecule has 0 saturated heterocycles. The van der Waals surface area contributed by atoms with E-state index in [-0.39, 0.29) is 29.3 Å². The minimum atomic E-state index is -0.586. The molecule has 0 saturated carbocycles. The Bertz CT molecular complexity index is 891. The molecule has 1 unspecified atom stereocenters. The van der Waals surface area contributed by atoms with Crippen molar-refractivity contribution >= 4 is 29.3 Å². The van der Waals surface area contributed by atoms with E-state index in [1.54, 1.807) is 12.1 Å². The third-order valence-electron chi connectivity index (χ3n) is 4.07. The van der Waals surface area contributed by atoms with E-state index in [1.807, 2.05) is 6.92 Å². The fourth-order valence-electron chi connectivity index (χ4n) is 2.40. The van der Waals surface area contributed by atoms with Gasteiger partial charge in [0.1, 0.15) is 11.4 Å². The van der Waals surface area contributed by atoms with Crippen LogP contribution in [-0.4, -0.2) is 46.3 Å². The number of nitrogen functional groups attached to an aromatic ring is 1. The fraction of sp³-hybridized carbons (Fsp3) is 0.368. The van der Waals surface area contributed by atoms with Gasteiger partial charge in [-0.1, -0.05) is 36.8 Å². The van der Waals surface area contributed by atoms with Gasteiger partial charge >= 0.3 is 5.97 Å². The predicted molar refractivity (Wildman–Crippen MR) is 107 cm³/mol. The summed E-state index contributed by atoms with van der Waals surface area (Å²) in [6.45, 7) is 2.69. The standard InChI is InChI=1S/C19H22ClN5O3/c1-3-12(11-26)8-10-23-17-14(16(20)24-19(21)25-17)7-6-13-5-4-9-22-15(13)18(27)28-2/h4-5,9,12,26H,3,8,10-11H2,1-2H3,(H3,21,23,24,25). The van der Waals surface area contributed by atoms with Crippen molar-refractivity contribution in [1.82, 2.24) is 15.0 Å². The molecule has 4 N–H and O–H groups in total. The van der Waals surface area contributed by atoms with Crippen molar-refractivity contribution in [2.75, 3.05) is 31.3 Å². The quantitative estimate of drug-likeness (QED) is 0.365. The van der Waals surface area contributed by atoms with Gasteiger partial charge in [-0.15, -0.1) is 0 Å². The van der Waals surface area contributed by atoms with Gasteiger partial charge in [-0.3, -0.25) is 0 Å². The van der Waals surface area contributed by atoms with Crippen LogP contribution in [0.15, 0.2) is 18.3 Å². The lowest BCUT2D eigenvalue weighted by atomic mass is 10.0. The highest BCUT2D eigenvalue weighted by Crippen LogP contribution is 2.22. The molecule has 0 aromatic carbocycles. The number of hydrogen-bond acceptors (Lipinski definition) is 8. The van der Waals surface area contributed by atoms with Crippen LogP contribution < -0.4 is 11.1 Å². The van der Waals surface area contributed by atoms with E-state index in [0.29, 0.717) is 23.5 Å². The molecule has 8 nitrogen and oxygen atoms in total. The molecule has 28 heavy (non-hydrogen) atoms. The van der Waals surface area contributed by atoms with Gasteiger partial charge in [0, 0.05) is 19.3 Å². The Hall–Kier alpha value is -2.89. The molecule has 0 aliphatic heterocycles. The van der Waals surface area contributed by atoms with Crippen molar-refractivity contribution in [2.24, 2.45) is 5.92 Å². The lowest BCUT2D eigenvalue weighted by Crippen LogP contribution is -2.14. The lowest BCUT2D eigenvalue weighted by Gasteiger charge is -2.13. The number of methoxy groups -OCH3 is 1. The van der Waals surface area contributed by atoms with Crippen LogP contribution in [0.2, 0.25) is 5.15 Å². The topological polar surface area (TPSA) is 123 Å². The number of carbonyl (C=O) groups excluding carboxylic acids is 1. The number of nitrogens with zero attached hydrogens (tertiary/aromatic N) is 3. The molecular weight excluding hydrogens is 382 g/mol. The molecule has 0 fully saturated rings. The Morgan fingerprint density at radius 3 is 2.89 bits per heavy atom. The normalized spacial score (nSPS) is 11.3. The van der Waals surface area contributed by atoms with Crippen molar-refractivity contribution in [3.05, 3.63) is 40.3 Å². The van der Waals surface area contributed by atoms with Crippen LogP contribution in [0, 0.1) is 17.8 Å².